The maximum atomic E-state index is 14.7. The number of phenolic OH excluding ortho intramolecular Hbond substituents is 1. The van der Waals surface area contributed by atoms with Gasteiger partial charge in [-0.15, -0.1) is 0 Å². The molecule has 13 N–H and O–H groups in total. The zero-order valence-corrected chi connectivity index (χ0v) is 40.8. The number of nitrogens with zero attached hydrogens (tertiary/aromatic N) is 1. The lowest BCUT2D eigenvalue weighted by Crippen LogP contribution is -2.63. The number of primary amides is 1. The van der Waals surface area contributed by atoms with Gasteiger partial charge in [-0.1, -0.05) is 93.3 Å². The van der Waals surface area contributed by atoms with Crippen molar-refractivity contribution < 1.29 is 63.8 Å². The minimum atomic E-state index is -1.75. The molecule has 6 rings (SSSR count). The van der Waals surface area contributed by atoms with E-state index >= 15 is 0 Å². The SMILES string of the molecule is CCCCCCC(NC(=O)[C@H](Cc1ccccc1)NC(=O)[C@H](Cc1c[nH]c2ccccc12)NC(=O)[C@@H]1CCCN1C(=O)[C@H](Cc1ccc(O)cc1)NC(=O)CCC(=O)N[C@@H]1O[C@H](CO)[C@@H](O)[C@H](O)[C@H]1O)C(N)=O. The van der Waals surface area contributed by atoms with E-state index in [9.17, 15) is 59.1 Å². The van der Waals surface area contributed by atoms with Crippen LogP contribution in [0.4, 0.5) is 0 Å². The second-order valence-corrected chi connectivity index (χ2v) is 18.7. The van der Waals surface area contributed by atoms with Crippen LogP contribution in [0.25, 0.3) is 10.9 Å². The molecular formula is C52H68N8O13. The number of aliphatic hydroxyl groups is 4. The summed E-state index contributed by atoms with van der Waals surface area (Å²) < 4.78 is 5.33. The second-order valence-electron chi connectivity index (χ2n) is 18.7. The molecule has 0 aliphatic carbocycles. The van der Waals surface area contributed by atoms with Gasteiger partial charge in [0.15, 0.2) is 6.23 Å². The number of para-hydroxylation sites is 1. The fraction of sp³-hybridized carbons (Fsp3) is 0.481. The first-order valence-electron chi connectivity index (χ1n) is 24.8. The van der Waals surface area contributed by atoms with Crippen molar-refractivity contribution >= 4 is 52.3 Å². The van der Waals surface area contributed by atoms with Gasteiger partial charge in [0.05, 0.1) is 6.61 Å². The Kier molecular flexibility index (Phi) is 20.3. The molecule has 0 bridgehead atoms. The summed E-state index contributed by atoms with van der Waals surface area (Å²) in [6.07, 6.45) is -2.90. The molecule has 1 aromatic heterocycles. The molecule has 10 atom stereocenters. The molecule has 21 heteroatoms. The number of carbonyl (C=O) groups is 7. The number of aromatic nitrogens is 1. The summed E-state index contributed by atoms with van der Waals surface area (Å²) in [7, 11) is 0. The highest BCUT2D eigenvalue weighted by atomic mass is 16.6. The quantitative estimate of drug-likeness (QED) is 0.0389. The lowest BCUT2D eigenvalue weighted by atomic mass is 9.98. The van der Waals surface area contributed by atoms with Crippen LogP contribution in [0.5, 0.6) is 5.75 Å². The topological polar surface area (TPSA) is 335 Å². The van der Waals surface area contributed by atoms with Crippen molar-refractivity contribution in [2.75, 3.05) is 13.2 Å². The molecule has 1 unspecified atom stereocenters. The van der Waals surface area contributed by atoms with Crippen LogP contribution in [0, 0.1) is 0 Å². The maximum absolute atomic E-state index is 14.7. The molecule has 394 valence electrons. The Labute approximate surface area is 422 Å². The number of H-pyrrole nitrogens is 1. The van der Waals surface area contributed by atoms with Crippen LogP contribution in [0.15, 0.2) is 85.1 Å². The Hall–Kier alpha value is -6.91. The van der Waals surface area contributed by atoms with Gasteiger partial charge in [0.2, 0.25) is 41.4 Å². The highest BCUT2D eigenvalue weighted by Gasteiger charge is 2.44. The minimum absolute atomic E-state index is 0.0350. The Balaban J connectivity index is 1.20. The van der Waals surface area contributed by atoms with Crippen molar-refractivity contribution in [1.82, 2.24) is 36.5 Å². The Morgan fingerprint density at radius 1 is 0.726 bits per heavy atom. The highest BCUT2D eigenvalue weighted by Crippen LogP contribution is 2.24. The first kappa shape index (κ1) is 55.4. The largest absolute Gasteiger partial charge is 0.508 e. The molecule has 21 nitrogen and oxygen atoms in total. The maximum Gasteiger partial charge on any atom is 0.246 e. The predicted octanol–water partition coefficient (Wildman–Crippen LogP) is -0.0164. The van der Waals surface area contributed by atoms with Crippen LogP contribution in [0.2, 0.25) is 0 Å². The van der Waals surface area contributed by atoms with Gasteiger partial charge < -0.3 is 72.5 Å². The number of nitrogens with one attached hydrogen (secondary N) is 6. The minimum Gasteiger partial charge on any atom is -0.508 e. The number of nitrogens with two attached hydrogens (primary N) is 1. The van der Waals surface area contributed by atoms with E-state index in [1.54, 1.807) is 42.6 Å². The van der Waals surface area contributed by atoms with Gasteiger partial charge in [0.25, 0.3) is 0 Å². The average molecular weight is 1010 g/mol. The van der Waals surface area contributed by atoms with E-state index in [0.29, 0.717) is 36.0 Å². The number of phenols is 1. The predicted molar refractivity (Wildman–Crippen MR) is 266 cm³/mol. The van der Waals surface area contributed by atoms with Crippen LogP contribution < -0.4 is 32.3 Å². The molecule has 73 heavy (non-hydrogen) atoms. The smallest absolute Gasteiger partial charge is 0.246 e. The molecule has 7 amide bonds. The molecule has 2 aliphatic rings. The number of rotatable bonds is 25. The molecule has 4 aromatic rings. The highest BCUT2D eigenvalue weighted by molar-refractivity contribution is 5.97. The second kappa shape index (κ2) is 26.7. The zero-order valence-electron chi connectivity index (χ0n) is 40.8. The summed E-state index contributed by atoms with van der Waals surface area (Å²) in [5, 5.41) is 64.3. The molecule has 0 spiro atoms. The van der Waals surface area contributed by atoms with Crippen molar-refractivity contribution in [3.05, 3.63) is 102 Å². The Morgan fingerprint density at radius 3 is 2.07 bits per heavy atom. The van der Waals surface area contributed by atoms with Crippen molar-refractivity contribution in [3.63, 3.8) is 0 Å². The van der Waals surface area contributed by atoms with Gasteiger partial charge in [-0.05, 0) is 54.2 Å². The summed E-state index contributed by atoms with van der Waals surface area (Å²) in [6, 6.07) is 16.4. The Morgan fingerprint density at radius 2 is 1.37 bits per heavy atom. The molecule has 3 heterocycles. The van der Waals surface area contributed by atoms with Gasteiger partial charge >= 0.3 is 0 Å². The number of aromatic hydroxyl groups is 1. The van der Waals surface area contributed by atoms with E-state index in [4.69, 9.17) is 10.5 Å². The summed E-state index contributed by atoms with van der Waals surface area (Å²) in [5.41, 5.74) is 8.45. The molecule has 0 radical (unpaired) electrons. The first-order chi connectivity index (χ1) is 35.1. The number of aromatic amines is 1. The van der Waals surface area contributed by atoms with E-state index in [0.717, 1.165) is 30.2 Å². The van der Waals surface area contributed by atoms with E-state index in [1.165, 1.54) is 17.0 Å². The number of fused-ring (bicyclic) bond motifs is 1. The van der Waals surface area contributed by atoms with E-state index in [2.05, 4.69) is 38.5 Å². The summed E-state index contributed by atoms with van der Waals surface area (Å²) >= 11 is 0. The van der Waals surface area contributed by atoms with Crippen LogP contribution in [-0.4, -0.2) is 151 Å². The number of benzene rings is 3. The Bertz CT molecular complexity index is 2510. The van der Waals surface area contributed by atoms with Gasteiger partial charge in [0, 0.05) is 55.7 Å². The van der Waals surface area contributed by atoms with Crippen LogP contribution in [0.3, 0.4) is 0 Å². The summed E-state index contributed by atoms with van der Waals surface area (Å²) in [4.78, 5) is 101. The van der Waals surface area contributed by atoms with Crippen molar-refractivity contribution in [1.29, 1.82) is 0 Å². The lowest BCUT2D eigenvalue weighted by Gasteiger charge is -2.40. The number of likely N-dealkylation sites (tertiary alicyclic amines) is 1. The number of amides is 7. The van der Waals surface area contributed by atoms with Crippen LogP contribution in [-0.2, 0) is 57.6 Å². The standard InChI is InChI=1S/C52H68N8O13/c1-2-3-4-8-16-36(47(53)68)56-48(69)37(25-30-12-6-5-7-13-30)57-49(70)38(27-32-28-54-35-15-10-9-14-34(32)35)58-50(71)40-17-11-24-60(40)52(72)39(26-31-18-20-33(62)21-19-31)55-42(63)22-23-43(64)59-51-46(67)45(66)44(65)41(29-61)73-51/h5-7,9-10,12-15,18-21,28,36-41,44-46,51,54,61-62,65-67H,2-4,8,11,16-17,22-27,29H2,1H3,(H2,53,68)(H,55,63)(H,56,69)(H,57,70)(H,58,71)(H,59,64)/t36?,37-,38-,39-,40-,41+,44+,45-,46+,51+/m0/s1. The van der Waals surface area contributed by atoms with Gasteiger partial charge in [0.1, 0.15) is 60.4 Å². The van der Waals surface area contributed by atoms with E-state index in [-0.39, 0.29) is 38.0 Å². The first-order valence-corrected chi connectivity index (χ1v) is 24.8. The third kappa shape index (κ3) is 15.3. The molecule has 2 aliphatic heterocycles. The van der Waals surface area contributed by atoms with Crippen molar-refractivity contribution in [2.24, 2.45) is 5.73 Å². The molecule has 0 saturated carbocycles. The van der Waals surface area contributed by atoms with Crippen LogP contribution in [0.1, 0.15) is 81.4 Å². The molecular weight excluding hydrogens is 945 g/mol. The fourth-order valence-corrected chi connectivity index (χ4v) is 9.18. The van der Waals surface area contributed by atoms with Gasteiger partial charge in [-0.3, -0.25) is 33.6 Å². The zero-order chi connectivity index (χ0) is 52.6. The number of unbranched alkanes of at least 4 members (excludes halogenated alkanes) is 3. The lowest BCUT2D eigenvalue weighted by molar-refractivity contribution is -0.236. The normalized spacial score (nSPS) is 21.3. The van der Waals surface area contributed by atoms with Gasteiger partial charge in [-0.2, -0.15) is 0 Å². The van der Waals surface area contributed by atoms with E-state index < -0.39 is 122 Å². The average Bonchev–Trinajstić information content (AvgIpc) is 4.05. The third-order valence-corrected chi connectivity index (χ3v) is 13.3. The number of hydrogen-bond acceptors (Lipinski definition) is 13. The van der Waals surface area contributed by atoms with Crippen molar-refractivity contribution in [3.8, 4) is 5.75 Å². The number of ether oxygens (including phenoxy) is 1. The monoisotopic (exact) mass is 1010 g/mol. The number of hydrogen-bond donors (Lipinski definition) is 12. The van der Waals surface area contributed by atoms with Crippen molar-refractivity contribution in [2.45, 2.75) is 145 Å². The molecule has 3 aromatic carbocycles. The molecule has 2 fully saturated rings. The van der Waals surface area contributed by atoms with E-state index in [1.807, 2.05) is 30.3 Å². The number of aliphatic hydroxyl groups excluding tert-OH is 4. The molecule has 2 saturated heterocycles. The third-order valence-electron chi connectivity index (χ3n) is 13.3. The number of carbonyl (C=O) groups excluding carboxylic acids is 7. The summed E-state index contributed by atoms with van der Waals surface area (Å²) in [5.74, 6) is -4.93. The summed E-state index contributed by atoms with van der Waals surface area (Å²) in [6.45, 7) is 1.45. The van der Waals surface area contributed by atoms with Gasteiger partial charge in [-0.25, -0.2) is 0 Å². The fourth-order valence-electron chi connectivity index (χ4n) is 9.18. The van der Waals surface area contributed by atoms with Crippen LogP contribution >= 0.6 is 0 Å².